The summed E-state index contributed by atoms with van der Waals surface area (Å²) in [6.07, 6.45) is 0.966. The van der Waals surface area contributed by atoms with E-state index >= 15 is 0 Å². The molecule has 2 atom stereocenters. The molecule has 2 rings (SSSR count). The molecule has 1 aromatic carbocycles. The number of nitrogens with zero attached hydrogens (tertiary/aromatic N) is 1. The molecule has 0 aliphatic carbocycles. The number of benzene rings is 1. The van der Waals surface area contributed by atoms with Crippen molar-refractivity contribution in [3.05, 3.63) is 34.3 Å². The Morgan fingerprint density at radius 2 is 2.12 bits per heavy atom. The molecule has 1 aliphatic rings. The normalized spacial score (nSPS) is 25.1. The Morgan fingerprint density at radius 3 is 2.71 bits per heavy atom. The average molecular weight is 298 g/mol. The Balaban J connectivity index is 2.08. The fourth-order valence-corrected chi connectivity index (χ4v) is 2.69. The molecule has 0 bridgehead atoms. The minimum absolute atomic E-state index is 0.239. The monoisotopic (exact) mass is 297 g/mol. The third-order valence-corrected chi connectivity index (χ3v) is 3.88. The molecule has 4 heteroatoms. The topological polar surface area (TPSA) is 40.5 Å². The summed E-state index contributed by atoms with van der Waals surface area (Å²) in [5.41, 5.74) is 1.16. The van der Waals surface area contributed by atoms with Crippen LogP contribution in [0.5, 0.6) is 0 Å². The maximum Gasteiger partial charge on any atom is 0.321 e. The van der Waals surface area contributed by atoms with Crippen molar-refractivity contribution in [2.75, 3.05) is 6.54 Å². The van der Waals surface area contributed by atoms with Gasteiger partial charge < -0.3 is 5.11 Å². The van der Waals surface area contributed by atoms with Crippen LogP contribution in [0.1, 0.15) is 18.9 Å². The van der Waals surface area contributed by atoms with Gasteiger partial charge in [0.25, 0.3) is 0 Å². The maximum absolute atomic E-state index is 11.2. The van der Waals surface area contributed by atoms with E-state index in [9.17, 15) is 9.90 Å². The van der Waals surface area contributed by atoms with E-state index in [1.54, 1.807) is 0 Å². The second-order valence-electron chi connectivity index (χ2n) is 4.65. The maximum atomic E-state index is 11.2. The molecule has 1 fully saturated rings. The number of hydrogen-bond donors (Lipinski definition) is 1. The summed E-state index contributed by atoms with van der Waals surface area (Å²) >= 11 is 3.40. The van der Waals surface area contributed by atoms with Crippen LogP contribution in [0.3, 0.4) is 0 Å². The summed E-state index contributed by atoms with van der Waals surface area (Å²) in [5.74, 6) is -0.463. The number of likely N-dealkylation sites (tertiary alicyclic amines) is 1. The van der Waals surface area contributed by atoms with Gasteiger partial charge in [-0.3, -0.25) is 9.69 Å². The number of carbonyl (C=O) groups is 1. The summed E-state index contributed by atoms with van der Waals surface area (Å²) in [7, 11) is 0. The molecule has 1 saturated heterocycles. The van der Waals surface area contributed by atoms with Crippen LogP contribution in [0.25, 0.3) is 0 Å². The van der Waals surface area contributed by atoms with Gasteiger partial charge in [-0.25, -0.2) is 0 Å². The summed E-state index contributed by atoms with van der Waals surface area (Å²) in [4.78, 5) is 13.3. The first-order valence-electron chi connectivity index (χ1n) is 5.79. The van der Waals surface area contributed by atoms with Gasteiger partial charge in [0.15, 0.2) is 0 Å². The van der Waals surface area contributed by atoms with Crippen LogP contribution in [-0.4, -0.2) is 28.6 Å². The molecule has 1 N–H and O–H groups in total. The van der Waals surface area contributed by atoms with Gasteiger partial charge in [0, 0.05) is 11.0 Å². The quantitative estimate of drug-likeness (QED) is 0.933. The van der Waals surface area contributed by atoms with Gasteiger partial charge in [-0.1, -0.05) is 35.0 Å². The van der Waals surface area contributed by atoms with Crippen molar-refractivity contribution in [1.82, 2.24) is 4.90 Å². The molecule has 0 saturated carbocycles. The zero-order chi connectivity index (χ0) is 12.4. The Kier molecular flexibility index (Phi) is 3.84. The Hall–Kier alpha value is -0.870. The van der Waals surface area contributed by atoms with E-state index in [4.69, 9.17) is 0 Å². The molecule has 0 amide bonds. The van der Waals surface area contributed by atoms with Crippen LogP contribution in [0.2, 0.25) is 0 Å². The van der Waals surface area contributed by atoms with Gasteiger partial charge in [0.2, 0.25) is 0 Å². The first kappa shape index (κ1) is 12.6. The lowest BCUT2D eigenvalue weighted by atomic mass is 10.0. The highest BCUT2D eigenvalue weighted by atomic mass is 79.9. The van der Waals surface area contributed by atoms with E-state index in [1.165, 1.54) is 0 Å². The number of hydrogen-bond acceptors (Lipinski definition) is 2. The molecule has 1 heterocycles. The molecule has 0 spiro atoms. The smallest absolute Gasteiger partial charge is 0.321 e. The molecular formula is C13H16BrNO2. The van der Waals surface area contributed by atoms with E-state index in [-0.39, 0.29) is 12.0 Å². The summed E-state index contributed by atoms with van der Waals surface area (Å²) in [6.45, 7) is 3.60. The van der Waals surface area contributed by atoms with Gasteiger partial charge >= 0.3 is 5.97 Å². The molecule has 1 aliphatic heterocycles. The van der Waals surface area contributed by atoms with Gasteiger partial charge in [-0.2, -0.15) is 0 Å². The second kappa shape index (κ2) is 5.19. The highest BCUT2D eigenvalue weighted by molar-refractivity contribution is 9.10. The van der Waals surface area contributed by atoms with Gasteiger partial charge in [-0.15, -0.1) is 0 Å². The molecule has 2 unspecified atom stereocenters. The van der Waals surface area contributed by atoms with Crippen molar-refractivity contribution in [1.29, 1.82) is 0 Å². The molecule has 3 nitrogen and oxygen atoms in total. The lowest BCUT2D eigenvalue weighted by Gasteiger charge is -2.23. The molecule has 0 radical (unpaired) electrons. The van der Waals surface area contributed by atoms with Crippen LogP contribution in [0.15, 0.2) is 28.7 Å². The number of aliphatic carboxylic acids is 1. The van der Waals surface area contributed by atoms with Crippen LogP contribution in [0, 0.1) is 5.92 Å². The Labute approximate surface area is 110 Å². The average Bonchev–Trinajstić information content (AvgIpc) is 2.63. The number of carboxylic acids is 1. The predicted molar refractivity (Wildman–Crippen MR) is 69.8 cm³/mol. The number of halogens is 1. The summed E-state index contributed by atoms with van der Waals surface area (Å²) < 4.78 is 1.05. The van der Waals surface area contributed by atoms with Gasteiger partial charge in [0.1, 0.15) is 6.04 Å². The Morgan fingerprint density at radius 1 is 1.47 bits per heavy atom. The van der Waals surface area contributed by atoms with Crippen molar-refractivity contribution in [3.63, 3.8) is 0 Å². The van der Waals surface area contributed by atoms with Crippen LogP contribution in [0.4, 0.5) is 0 Å². The Bertz CT molecular complexity index is 404. The minimum Gasteiger partial charge on any atom is -0.480 e. The van der Waals surface area contributed by atoms with E-state index in [2.05, 4.69) is 20.8 Å². The van der Waals surface area contributed by atoms with Crippen LogP contribution in [-0.2, 0) is 11.3 Å². The first-order chi connectivity index (χ1) is 8.08. The third kappa shape index (κ3) is 2.87. The lowest BCUT2D eigenvalue weighted by molar-refractivity contribution is -0.143. The van der Waals surface area contributed by atoms with Crippen molar-refractivity contribution in [2.45, 2.75) is 25.9 Å². The third-order valence-electron chi connectivity index (χ3n) is 3.36. The fraction of sp³-hybridized carbons (Fsp3) is 0.462. The fourth-order valence-electron chi connectivity index (χ4n) is 2.43. The predicted octanol–water partition coefficient (Wildman–Crippen LogP) is 2.74. The minimum atomic E-state index is -0.702. The molecule has 17 heavy (non-hydrogen) atoms. The largest absolute Gasteiger partial charge is 0.480 e. The van der Waals surface area contributed by atoms with E-state index < -0.39 is 5.97 Å². The molecule has 92 valence electrons. The number of carboxylic acid groups (broad SMARTS) is 1. The zero-order valence-electron chi connectivity index (χ0n) is 9.77. The van der Waals surface area contributed by atoms with Gasteiger partial charge in [0.05, 0.1) is 0 Å². The summed E-state index contributed by atoms with van der Waals surface area (Å²) in [5, 5.41) is 9.23. The van der Waals surface area contributed by atoms with E-state index in [0.717, 1.165) is 23.0 Å². The highest BCUT2D eigenvalue weighted by Gasteiger charge is 2.36. The van der Waals surface area contributed by atoms with Crippen LogP contribution < -0.4 is 0 Å². The van der Waals surface area contributed by atoms with Crippen molar-refractivity contribution in [3.8, 4) is 0 Å². The van der Waals surface area contributed by atoms with Crippen molar-refractivity contribution < 1.29 is 9.90 Å². The molecular weight excluding hydrogens is 282 g/mol. The van der Waals surface area contributed by atoms with Crippen LogP contribution >= 0.6 is 15.9 Å². The van der Waals surface area contributed by atoms with Crippen molar-refractivity contribution in [2.24, 2.45) is 5.92 Å². The standard InChI is InChI=1S/C13H16BrNO2/c1-9-6-7-15(12(9)13(16)17)8-10-2-4-11(14)5-3-10/h2-5,9,12H,6-8H2,1H3,(H,16,17). The number of rotatable bonds is 3. The summed E-state index contributed by atoms with van der Waals surface area (Å²) in [6, 6.07) is 7.71. The lowest BCUT2D eigenvalue weighted by Crippen LogP contribution is -2.38. The highest BCUT2D eigenvalue weighted by Crippen LogP contribution is 2.26. The van der Waals surface area contributed by atoms with Crippen molar-refractivity contribution >= 4 is 21.9 Å². The van der Waals surface area contributed by atoms with E-state index in [1.807, 2.05) is 31.2 Å². The SMILES string of the molecule is CC1CCN(Cc2ccc(Br)cc2)C1C(=O)O. The van der Waals surface area contributed by atoms with Gasteiger partial charge in [-0.05, 0) is 36.6 Å². The molecule has 0 aromatic heterocycles. The second-order valence-corrected chi connectivity index (χ2v) is 5.56. The molecule has 1 aromatic rings. The van der Waals surface area contributed by atoms with E-state index in [0.29, 0.717) is 6.54 Å². The first-order valence-corrected chi connectivity index (χ1v) is 6.58. The zero-order valence-corrected chi connectivity index (χ0v) is 11.4.